The number of carbonyl (C=O) groups excluding carboxylic acids is 1. The SMILES string of the molecule is Cc1ccc2nc(COC(=O)c3ccccc3[S@@](C)=O)cc(=O)n2c1. The van der Waals surface area contributed by atoms with Crippen molar-refractivity contribution in [3.05, 3.63) is 75.8 Å². The monoisotopic (exact) mass is 356 g/mol. The molecule has 0 bridgehead atoms. The first-order chi connectivity index (χ1) is 12.0. The first kappa shape index (κ1) is 17.0. The van der Waals surface area contributed by atoms with Gasteiger partial charge in [0.25, 0.3) is 5.56 Å². The molecule has 0 saturated heterocycles. The highest BCUT2D eigenvalue weighted by atomic mass is 32.2. The van der Waals surface area contributed by atoms with Gasteiger partial charge in [0, 0.05) is 18.5 Å². The van der Waals surface area contributed by atoms with Crippen LogP contribution in [0.15, 0.2) is 58.4 Å². The predicted molar refractivity (Wildman–Crippen MR) is 94.1 cm³/mol. The van der Waals surface area contributed by atoms with Gasteiger partial charge in [-0.25, -0.2) is 9.78 Å². The number of rotatable bonds is 4. The lowest BCUT2D eigenvalue weighted by Crippen LogP contribution is -2.17. The van der Waals surface area contributed by atoms with Crippen molar-refractivity contribution in [2.75, 3.05) is 6.26 Å². The smallest absolute Gasteiger partial charge is 0.339 e. The zero-order chi connectivity index (χ0) is 18.0. The van der Waals surface area contributed by atoms with Gasteiger partial charge < -0.3 is 4.74 Å². The van der Waals surface area contributed by atoms with Gasteiger partial charge in [-0.3, -0.25) is 13.4 Å². The summed E-state index contributed by atoms with van der Waals surface area (Å²) in [5.41, 5.74) is 1.79. The molecule has 7 heteroatoms. The van der Waals surface area contributed by atoms with Crippen molar-refractivity contribution in [3.8, 4) is 0 Å². The van der Waals surface area contributed by atoms with E-state index in [-0.39, 0.29) is 17.7 Å². The maximum absolute atomic E-state index is 12.3. The van der Waals surface area contributed by atoms with Crippen LogP contribution < -0.4 is 5.56 Å². The average Bonchev–Trinajstić information content (AvgIpc) is 2.60. The molecule has 0 amide bonds. The van der Waals surface area contributed by atoms with Crippen LogP contribution in [0, 0.1) is 6.92 Å². The van der Waals surface area contributed by atoms with Gasteiger partial charge in [-0.05, 0) is 30.7 Å². The molecule has 25 heavy (non-hydrogen) atoms. The fourth-order valence-corrected chi connectivity index (χ4v) is 3.17. The fraction of sp³-hybridized carbons (Fsp3) is 0.167. The molecule has 0 fully saturated rings. The molecule has 0 aliphatic rings. The van der Waals surface area contributed by atoms with Crippen molar-refractivity contribution in [1.29, 1.82) is 0 Å². The zero-order valence-corrected chi connectivity index (χ0v) is 14.6. The van der Waals surface area contributed by atoms with E-state index in [0.717, 1.165) is 5.56 Å². The molecule has 1 aromatic carbocycles. The van der Waals surface area contributed by atoms with E-state index in [1.807, 2.05) is 13.0 Å². The molecule has 0 aliphatic carbocycles. The standard InChI is InChI=1S/C18H16N2O4S/c1-12-7-8-16-19-13(9-17(21)20(16)10-12)11-24-18(22)14-5-3-4-6-15(14)25(2)23/h3-10H,11H2,1-2H3/t25-/m1/s1. The Balaban J connectivity index is 1.83. The number of hydrogen-bond acceptors (Lipinski definition) is 5. The molecule has 128 valence electrons. The summed E-state index contributed by atoms with van der Waals surface area (Å²) in [6.07, 6.45) is 3.20. The topological polar surface area (TPSA) is 77.7 Å². The van der Waals surface area contributed by atoms with E-state index < -0.39 is 16.8 Å². The van der Waals surface area contributed by atoms with Crippen LogP contribution >= 0.6 is 0 Å². The van der Waals surface area contributed by atoms with Crippen molar-refractivity contribution < 1.29 is 13.7 Å². The second-order valence-electron chi connectivity index (χ2n) is 5.55. The summed E-state index contributed by atoms with van der Waals surface area (Å²) in [6, 6.07) is 11.5. The zero-order valence-electron chi connectivity index (χ0n) is 13.8. The molecule has 2 heterocycles. The van der Waals surface area contributed by atoms with Crippen LogP contribution in [0.5, 0.6) is 0 Å². The number of hydrogen-bond donors (Lipinski definition) is 0. The summed E-state index contributed by atoms with van der Waals surface area (Å²) in [4.78, 5) is 29.2. The van der Waals surface area contributed by atoms with E-state index in [1.54, 1.807) is 36.5 Å². The van der Waals surface area contributed by atoms with E-state index in [2.05, 4.69) is 4.98 Å². The minimum atomic E-state index is -1.30. The number of pyridine rings is 1. The number of fused-ring (bicyclic) bond motifs is 1. The molecule has 3 rings (SSSR count). The van der Waals surface area contributed by atoms with Crippen LogP contribution in [0.2, 0.25) is 0 Å². The van der Waals surface area contributed by atoms with Crippen LogP contribution in [0.1, 0.15) is 21.6 Å². The summed E-state index contributed by atoms with van der Waals surface area (Å²) in [5.74, 6) is -0.600. The third-order valence-corrected chi connectivity index (χ3v) is 4.60. The van der Waals surface area contributed by atoms with Gasteiger partial charge in [-0.1, -0.05) is 18.2 Å². The highest BCUT2D eigenvalue weighted by Gasteiger charge is 2.15. The summed E-state index contributed by atoms with van der Waals surface area (Å²) >= 11 is 0. The number of aromatic nitrogens is 2. The molecule has 0 saturated carbocycles. The maximum atomic E-state index is 12.3. The van der Waals surface area contributed by atoms with Gasteiger partial charge in [0.2, 0.25) is 0 Å². The van der Waals surface area contributed by atoms with Crippen molar-refractivity contribution in [1.82, 2.24) is 9.38 Å². The normalized spacial score (nSPS) is 12.1. The molecule has 0 N–H and O–H groups in total. The second kappa shape index (κ2) is 6.98. The first-order valence-corrected chi connectivity index (χ1v) is 9.10. The first-order valence-electron chi connectivity index (χ1n) is 7.54. The molecule has 0 unspecified atom stereocenters. The van der Waals surface area contributed by atoms with Crippen molar-refractivity contribution in [2.24, 2.45) is 0 Å². The average molecular weight is 356 g/mol. The van der Waals surface area contributed by atoms with Gasteiger partial charge >= 0.3 is 5.97 Å². The Morgan fingerprint density at radius 3 is 2.76 bits per heavy atom. The van der Waals surface area contributed by atoms with Gasteiger partial charge in [-0.15, -0.1) is 0 Å². The summed E-state index contributed by atoms with van der Waals surface area (Å²) in [5, 5.41) is 0. The highest BCUT2D eigenvalue weighted by Crippen LogP contribution is 2.14. The molecule has 0 spiro atoms. The lowest BCUT2D eigenvalue weighted by molar-refractivity contribution is 0.0463. The Morgan fingerprint density at radius 1 is 1.24 bits per heavy atom. The van der Waals surface area contributed by atoms with Crippen molar-refractivity contribution in [2.45, 2.75) is 18.4 Å². The number of nitrogens with zero attached hydrogens (tertiary/aromatic N) is 2. The predicted octanol–water partition coefficient (Wildman–Crippen LogP) is 2.10. The third-order valence-electron chi connectivity index (χ3n) is 3.63. The molecule has 6 nitrogen and oxygen atoms in total. The quantitative estimate of drug-likeness (QED) is 0.669. The Morgan fingerprint density at radius 2 is 2.00 bits per heavy atom. The highest BCUT2D eigenvalue weighted by molar-refractivity contribution is 7.84. The summed E-state index contributed by atoms with van der Waals surface area (Å²) in [6.45, 7) is 1.75. The van der Waals surface area contributed by atoms with Gasteiger partial charge in [-0.2, -0.15) is 0 Å². The minimum Gasteiger partial charge on any atom is -0.456 e. The van der Waals surface area contributed by atoms with Gasteiger partial charge in [0.15, 0.2) is 0 Å². The molecule has 2 aromatic heterocycles. The van der Waals surface area contributed by atoms with Gasteiger partial charge in [0.05, 0.1) is 27.0 Å². The van der Waals surface area contributed by atoms with Crippen molar-refractivity contribution >= 4 is 22.4 Å². The largest absolute Gasteiger partial charge is 0.456 e. The summed E-state index contributed by atoms with van der Waals surface area (Å²) < 4.78 is 18.4. The third kappa shape index (κ3) is 3.66. The molecule has 0 radical (unpaired) electrons. The minimum absolute atomic E-state index is 0.136. The fourth-order valence-electron chi connectivity index (χ4n) is 2.44. The van der Waals surface area contributed by atoms with Crippen LogP contribution in [-0.4, -0.2) is 25.8 Å². The number of benzene rings is 1. The van der Waals surface area contributed by atoms with E-state index >= 15 is 0 Å². The Kier molecular flexibility index (Phi) is 4.76. The second-order valence-corrected chi connectivity index (χ2v) is 6.89. The van der Waals surface area contributed by atoms with E-state index in [9.17, 15) is 13.8 Å². The Bertz CT molecular complexity index is 1040. The molecular formula is C18H16N2O4S. The van der Waals surface area contributed by atoms with Crippen LogP contribution in [0.25, 0.3) is 5.65 Å². The Hall–Kier alpha value is -2.80. The van der Waals surface area contributed by atoms with Crippen molar-refractivity contribution in [3.63, 3.8) is 0 Å². The van der Waals surface area contributed by atoms with Gasteiger partial charge in [0.1, 0.15) is 12.3 Å². The maximum Gasteiger partial charge on any atom is 0.339 e. The van der Waals surface area contributed by atoms with E-state index in [1.165, 1.54) is 16.7 Å². The van der Waals surface area contributed by atoms with Crippen LogP contribution in [0.4, 0.5) is 0 Å². The lowest BCUT2D eigenvalue weighted by Gasteiger charge is -2.08. The Labute approximate surface area is 146 Å². The molecule has 3 aromatic rings. The number of esters is 1. The molecule has 0 aliphatic heterocycles. The number of ether oxygens (including phenoxy) is 1. The number of aryl methyl sites for hydroxylation is 1. The van der Waals surface area contributed by atoms with Crippen LogP contribution in [-0.2, 0) is 22.1 Å². The lowest BCUT2D eigenvalue weighted by atomic mass is 10.2. The molecular weight excluding hydrogens is 340 g/mol. The van der Waals surface area contributed by atoms with Crippen LogP contribution in [0.3, 0.4) is 0 Å². The summed E-state index contributed by atoms with van der Waals surface area (Å²) in [7, 11) is -1.30. The molecule has 1 atom stereocenters. The number of carbonyl (C=O) groups is 1. The van der Waals surface area contributed by atoms with E-state index in [0.29, 0.717) is 16.2 Å². The van der Waals surface area contributed by atoms with E-state index in [4.69, 9.17) is 4.74 Å².